The first-order valence-corrected chi connectivity index (χ1v) is 4.87. The van der Waals surface area contributed by atoms with E-state index in [1.807, 2.05) is 7.05 Å². The second-order valence-corrected chi connectivity index (χ2v) is 4.10. The predicted molar refractivity (Wildman–Crippen MR) is 48.0 cm³/mol. The molecular weight excluding hydrogens is 152 g/mol. The third-order valence-electron chi connectivity index (χ3n) is 2.95. The number of aliphatic hydroxyl groups is 1. The minimum atomic E-state index is -0.0540. The summed E-state index contributed by atoms with van der Waals surface area (Å²) in [6.07, 6.45) is 2.73. The van der Waals surface area contributed by atoms with Crippen molar-refractivity contribution in [1.29, 1.82) is 0 Å². The van der Waals surface area contributed by atoms with Crippen LogP contribution in [0.25, 0.3) is 0 Å². The van der Waals surface area contributed by atoms with E-state index in [2.05, 4.69) is 10.2 Å². The van der Waals surface area contributed by atoms with Crippen LogP contribution in [-0.2, 0) is 0 Å². The third kappa shape index (κ3) is 1.79. The van der Waals surface area contributed by atoms with Crippen molar-refractivity contribution in [2.75, 3.05) is 26.7 Å². The third-order valence-corrected chi connectivity index (χ3v) is 2.95. The summed E-state index contributed by atoms with van der Waals surface area (Å²) in [5, 5.41) is 12.5. The van der Waals surface area contributed by atoms with Crippen LogP contribution >= 0.6 is 0 Å². The number of likely N-dealkylation sites (tertiary alicyclic amines) is 1. The summed E-state index contributed by atoms with van der Waals surface area (Å²) < 4.78 is 0. The van der Waals surface area contributed by atoms with Gasteiger partial charge in [-0.15, -0.1) is 0 Å². The van der Waals surface area contributed by atoms with Crippen LogP contribution in [0.5, 0.6) is 0 Å². The highest BCUT2D eigenvalue weighted by Crippen LogP contribution is 2.33. The van der Waals surface area contributed by atoms with Crippen LogP contribution in [0.15, 0.2) is 0 Å². The Morgan fingerprint density at radius 1 is 1.50 bits per heavy atom. The van der Waals surface area contributed by atoms with Crippen molar-refractivity contribution >= 4 is 0 Å². The maximum atomic E-state index is 9.10. The highest BCUT2D eigenvalue weighted by Gasteiger charge is 2.34. The minimum absolute atomic E-state index is 0.0540. The number of β-amino-alcohol motifs (C(OH)–C–C–N with tert-alkyl or cyclic N) is 1. The summed E-state index contributed by atoms with van der Waals surface area (Å²) in [5.74, 6) is 0.910. The van der Waals surface area contributed by atoms with Crippen LogP contribution in [0, 0.1) is 5.92 Å². The van der Waals surface area contributed by atoms with E-state index >= 15 is 0 Å². The van der Waals surface area contributed by atoms with Crippen molar-refractivity contribution in [3.05, 3.63) is 0 Å². The zero-order chi connectivity index (χ0) is 8.55. The van der Waals surface area contributed by atoms with Crippen LogP contribution in [0.4, 0.5) is 0 Å². The molecule has 0 aromatic carbocycles. The first-order valence-electron chi connectivity index (χ1n) is 4.87. The fourth-order valence-corrected chi connectivity index (χ4v) is 1.94. The average molecular weight is 170 g/mol. The second-order valence-electron chi connectivity index (χ2n) is 4.10. The number of nitrogens with one attached hydrogen (secondary N) is 1. The van der Waals surface area contributed by atoms with Crippen molar-refractivity contribution in [3.63, 3.8) is 0 Å². The van der Waals surface area contributed by atoms with Gasteiger partial charge in [0.15, 0.2) is 0 Å². The van der Waals surface area contributed by atoms with Gasteiger partial charge < -0.3 is 10.4 Å². The van der Waals surface area contributed by atoms with E-state index in [9.17, 15) is 0 Å². The summed E-state index contributed by atoms with van der Waals surface area (Å²) in [7, 11) is 2.04. The van der Waals surface area contributed by atoms with Crippen molar-refractivity contribution in [2.24, 2.45) is 5.92 Å². The fourth-order valence-electron chi connectivity index (χ4n) is 1.94. The molecule has 70 valence electrons. The molecule has 0 aromatic rings. The summed E-state index contributed by atoms with van der Waals surface area (Å²) in [6, 6.07) is 0.664. The van der Waals surface area contributed by atoms with Gasteiger partial charge in [0.1, 0.15) is 0 Å². The first kappa shape index (κ1) is 8.48. The van der Waals surface area contributed by atoms with Crippen molar-refractivity contribution < 1.29 is 5.11 Å². The maximum absolute atomic E-state index is 9.10. The minimum Gasteiger partial charge on any atom is -0.390 e. The zero-order valence-electron chi connectivity index (χ0n) is 7.66. The maximum Gasteiger partial charge on any atom is 0.0793 e. The summed E-state index contributed by atoms with van der Waals surface area (Å²) in [6.45, 7) is 2.88. The molecule has 3 heteroatoms. The SMILES string of the molecule is CN[C@@H](CN1CC(O)C1)C1CC1. The van der Waals surface area contributed by atoms with E-state index in [0.717, 1.165) is 25.6 Å². The molecule has 0 radical (unpaired) electrons. The van der Waals surface area contributed by atoms with Crippen LogP contribution in [0.3, 0.4) is 0 Å². The van der Waals surface area contributed by atoms with Crippen LogP contribution in [0.2, 0.25) is 0 Å². The molecule has 0 spiro atoms. The monoisotopic (exact) mass is 170 g/mol. The molecule has 2 aliphatic rings. The number of likely N-dealkylation sites (N-methyl/N-ethyl adjacent to an activating group) is 1. The lowest BCUT2D eigenvalue weighted by Gasteiger charge is -2.38. The lowest BCUT2D eigenvalue weighted by Crippen LogP contribution is -2.55. The molecule has 0 unspecified atom stereocenters. The lowest BCUT2D eigenvalue weighted by molar-refractivity contribution is -0.00374. The second kappa shape index (κ2) is 3.32. The Kier molecular flexibility index (Phi) is 2.35. The van der Waals surface area contributed by atoms with Gasteiger partial charge in [-0.25, -0.2) is 0 Å². The molecule has 3 nitrogen and oxygen atoms in total. The Morgan fingerprint density at radius 3 is 2.58 bits per heavy atom. The lowest BCUT2D eigenvalue weighted by atomic mass is 10.1. The van der Waals surface area contributed by atoms with Gasteiger partial charge in [-0.2, -0.15) is 0 Å². The predicted octanol–water partition coefficient (Wildman–Crippen LogP) is -0.339. The quantitative estimate of drug-likeness (QED) is 0.606. The van der Waals surface area contributed by atoms with E-state index in [4.69, 9.17) is 5.11 Å². The number of rotatable bonds is 4. The molecule has 0 aromatic heterocycles. The molecule has 2 N–H and O–H groups in total. The molecule has 1 saturated heterocycles. The first-order chi connectivity index (χ1) is 5.79. The Bertz CT molecular complexity index is 153. The summed E-state index contributed by atoms with van der Waals surface area (Å²) >= 11 is 0. The van der Waals surface area contributed by atoms with Gasteiger partial charge in [0, 0.05) is 25.7 Å². The van der Waals surface area contributed by atoms with Gasteiger partial charge in [0.05, 0.1) is 6.10 Å². The van der Waals surface area contributed by atoms with E-state index in [1.165, 1.54) is 12.8 Å². The largest absolute Gasteiger partial charge is 0.390 e. The zero-order valence-corrected chi connectivity index (χ0v) is 7.66. The molecule has 2 fully saturated rings. The highest BCUT2D eigenvalue weighted by molar-refractivity contribution is 4.90. The van der Waals surface area contributed by atoms with E-state index in [1.54, 1.807) is 0 Å². The molecule has 1 aliphatic heterocycles. The van der Waals surface area contributed by atoms with Gasteiger partial charge in [-0.1, -0.05) is 0 Å². The molecular formula is C9H18N2O. The molecule has 1 aliphatic carbocycles. The normalized spacial score (nSPS) is 28.5. The van der Waals surface area contributed by atoms with Crippen LogP contribution < -0.4 is 5.32 Å². The summed E-state index contributed by atoms with van der Waals surface area (Å²) in [5.41, 5.74) is 0. The number of hydrogen-bond acceptors (Lipinski definition) is 3. The molecule has 0 amide bonds. The van der Waals surface area contributed by atoms with Crippen molar-refractivity contribution in [2.45, 2.75) is 25.0 Å². The Balaban J connectivity index is 1.69. The highest BCUT2D eigenvalue weighted by atomic mass is 16.3. The molecule has 2 rings (SSSR count). The number of nitrogens with zero attached hydrogens (tertiary/aromatic N) is 1. The molecule has 1 atom stereocenters. The molecule has 12 heavy (non-hydrogen) atoms. The van der Waals surface area contributed by atoms with E-state index in [-0.39, 0.29) is 6.10 Å². The average Bonchev–Trinajstić information content (AvgIpc) is 2.78. The topological polar surface area (TPSA) is 35.5 Å². The van der Waals surface area contributed by atoms with Gasteiger partial charge in [-0.05, 0) is 25.8 Å². The van der Waals surface area contributed by atoms with Gasteiger partial charge in [0.25, 0.3) is 0 Å². The van der Waals surface area contributed by atoms with Crippen molar-refractivity contribution in [3.8, 4) is 0 Å². The Labute approximate surface area is 73.8 Å². The smallest absolute Gasteiger partial charge is 0.0793 e. The van der Waals surface area contributed by atoms with E-state index < -0.39 is 0 Å². The van der Waals surface area contributed by atoms with E-state index in [0.29, 0.717) is 6.04 Å². The van der Waals surface area contributed by atoms with Gasteiger partial charge in [0.2, 0.25) is 0 Å². The van der Waals surface area contributed by atoms with Crippen LogP contribution in [0.1, 0.15) is 12.8 Å². The van der Waals surface area contributed by atoms with Gasteiger partial charge >= 0.3 is 0 Å². The van der Waals surface area contributed by atoms with Crippen molar-refractivity contribution in [1.82, 2.24) is 10.2 Å². The molecule has 1 saturated carbocycles. The molecule has 0 bridgehead atoms. The Morgan fingerprint density at radius 2 is 2.17 bits per heavy atom. The van der Waals surface area contributed by atoms with Crippen LogP contribution in [-0.4, -0.2) is 48.8 Å². The molecule has 1 heterocycles. The number of hydrogen-bond donors (Lipinski definition) is 2. The Hall–Kier alpha value is -0.120. The fraction of sp³-hybridized carbons (Fsp3) is 1.00. The summed E-state index contributed by atoms with van der Waals surface area (Å²) in [4.78, 5) is 2.32. The standard InChI is InChI=1S/C9H18N2O/c1-10-9(7-2-3-7)6-11-4-8(12)5-11/h7-10,12H,2-6H2,1H3/t9-/m0/s1. The van der Waals surface area contributed by atoms with Gasteiger partial charge in [-0.3, -0.25) is 4.90 Å². The number of aliphatic hydroxyl groups excluding tert-OH is 1.